The molecule has 0 fully saturated rings. The van der Waals surface area contributed by atoms with Crippen LogP contribution in [0.3, 0.4) is 0 Å². The van der Waals surface area contributed by atoms with Crippen LogP contribution in [0.15, 0.2) is 0 Å². The Bertz CT molecular complexity index is 178. The van der Waals surface area contributed by atoms with Gasteiger partial charge in [0.15, 0.2) is 2.14 Å². The summed E-state index contributed by atoms with van der Waals surface area (Å²) in [6.07, 6.45) is 0. The molecule has 0 unspecified atom stereocenters. The molecule has 0 aromatic rings. The average Bonchev–Trinajstić information content (AvgIpc) is 1.14. The van der Waals surface area contributed by atoms with Crippen molar-refractivity contribution in [2.45, 2.75) is 2.14 Å². The molecule has 56 valence electrons. The average molecular weight is 347 g/mol. The van der Waals surface area contributed by atoms with E-state index in [2.05, 4.69) is 47.8 Å². The van der Waals surface area contributed by atoms with E-state index < -0.39 is 18.0 Å². The van der Waals surface area contributed by atoms with Crippen LogP contribution in [0.4, 0.5) is 0 Å². The van der Waals surface area contributed by atoms with Crippen LogP contribution in [0.25, 0.3) is 0 Å². The van der Waals surface area contributed by atoms with Gasteiger partial charge in [0, 0.05) is 0 Å². The number of rotatable bonds is 1. The molecule has 0 aliphatic heterocycles. The fourth-order valence-corrected chi connectivity index (χ4v) is 3.22. The van der Waals surface area contributed by atoms with Crippen molar-refractivity contribution in [3.8, 4) is 0 Å². The number of halogens is 3. The van der Waals surface area contributed by atoms with Crippen LogP contribution in [-0.2, 0) is 10.1 Å². The number of hydrogen-bond donors (Lipinski definition) is 1. The van der Waals surface area contributed by atoms with E-state index in [0.29, 0.717) is 0 Å². The van der Waals surface area contributed by atoms with Gasteiger partial charge < -0.3 is 0 Å². The van der Waals surface area contributed by atoms with E-state index in [-0.39, 0.29) is 0 Å². The van der Waals surface area contributed by atoms with Gasteiger partial charge in [-0.15, -0.1) is 0 Å². The summed E-state index contributed by atoms with van der Waals surface area (Å²) < 4.78 is 27.5. The van der Waals surface area contributed by atoms with E-state index in [9.17, 15) is 8.42 Å². The maximum atomic E-state index is 10.1. The molecule has 0 bridgehead atoms. The van der Waals surface area contributed by atoms with Crippen molar-refractivity contribution < 1.29 is 13.0 Å². The van der Waals surface area contributed by atoms with Gasteiger partial charge in [-0.05, 0) is 0 Å². The summed E-state index contributed by atoms with van der Waals surface area (Å²) in [5, 5.41) is 0. The molecule has 0 aliphatic rings. The molecule has 7 heteroatoms. The summed E-state index contributed by atoms with van der Waals surface area (Å²) >= 11 is 8.73. The van der Waals surface area contributed by atoms with Crippen LogP contribution < -0.4 is 0 Å². The van der Waals surface area contributed by atoms with Crippen LogP contribution in [-0.4, -0.2) is 20.9 Å². The lowest BCUT2D eigenvalue weighted by atomic mass is 11.0. The van der Waals surface area contributed by atoms with Crippen LogP contribution >= 0.6 is 47.8 Å². The minimum absolute atomic E-state index is 0.431. The summed E-state index contributed by atoms with van der Waals surface area (Å²) in [6, 6.07) is 0. The predicted molar refractivity (Wildman–Crippen MR) is 45.9 cm³/mol. The van der Waals surface area contributed by atoms with E-state index in [1.807, 2.05) is 0 Å². The normalized spacial score (nSPS) is 13.8. The third kappa shape index (κ3) is 9.35. The quantitative estimate of drug-likeness (QED) is 0.581. The van der Waals surface area contributed by atoms with Gasteiger partial charge >= 0.3 is 0 Å². The molecule has 0 saturated carbocycles. The monoisotopic (exact) mass is 344 g/mol. The van der Waals surface area contributed by atoms with Crippen molar-refractivity contribution in [3.63, 3.8) is 0 Å². The molecule has 0 amide bonds. The Morgan fingerprint density at radius 3 is 1.67 bits per heavy atom. The second-order valence-electron chi connectivity index (χ2n) is 1.34. The zero-order valence-electron chi connectivity index (χ0n) is 4.01. The van der Waals surface area contributed by atoms with E-state index in [1.165, 1.54) is 0 Å². The van der Waals surface area contributed by atoms with E-state index >= 15 is 0 Å². The molecule has 3 nitrogen and oxygen atoms in total. The lowest BCUT2D eigenvalue weighted by Crippen LogP contribution is -2.16. The Labute approximate surface area is 78.3 Å². The van der Waals surface area contributed by atoms with Gasteiger partial charge in [0.1, 0.15) is 5.75 Å². The van der Waals surface area contributed by atoms with Gasteiger partial charge in [-0.1, -0.05) is 47.8 Å². The van der Waals surface area contributed by atoms with Crippen LogP contribution in [0, 0.1) is 0 Å². The standard InChI is InChI=1S/C2H3Br3O3S/c3-2(4,5)1-9(6,7)8/h1H2,(H,6,7,8). The smallest absolute Gasteiger partial charge is 0.267 e. The van der Waals surface area contributed by atoms with Crippen LogP contribution in [0.2, 0.25) is 0 Å². The topological polar surface area (TPSA) is 54.4 Å². The Balaban J connectivity index is 4.07. The molecule has 0 aromatic heterocycles. The zero-order chi connectivity index (χ0) is 7.71. The van der Waals surface area contributed by atoms with Crippen LogP contribution in [0.1, 0.15) is 0 Å². The molecule has 0 saturated heterocycles. The maximum Gasteiger partial charge on any atom is 0.267 e. The molecular formula is C2H3Br3O3S. The Hall–Kier alpha value is 1.35. The zero-order valence-corrected chi connectivity index (χ0v) is 9.59. The van der Waals surface area contributed by atoms with Crippen LogP contribution in [0.5, 0.6) is 0 Å². The molecule has 9 heavy (non-hydrogen) atoms. The second-order valence-corrected chi connectivity index (χ2v) is 10.0. The molecule has 0 aromatic carbocycles. The summed E-state index contributed by atoms with van der Waals surface area (Å²) in [6.45, 7) is 0. The van der Waals surface area contributed by atoms with Gasteiger partial charge in [0.2, 0.25) is 0 Å². The van der Waals surface area contributed by atoms with Gasteiger partial charge in [-0.25, -0.2) is 0 Å². The molecule has 0 aliphatic carbocycles. The van der Waals surface area contributed by atoms with Crippen molar-refractivity contribution in [1.29, 1.82) is 0 Å². The predicted octanol–water partition coefficient (Wildman–Crippen LogP) is 1.71. The molecule has 0 rings (SSSR count). The summed E-state index contributed by atoms with van der Waals surface area (Å²) in [5.74, 6) is -0.431. The lowest BCUT2D eigenvalue weighted by Gasteiger charge is -2.07. The molecule has 0 heterocycles. The first-order valence-corrected chi connectivity index (χ1v) is 5.71. The Morgan fingerprint density at radius 1 is 1.33 bits per heavy atom. The maximum absolute atomic E-state index is 10.1. The molecular weight excluding hydrogens is 344 g/mol. The number of alkyl halides is 3. The van der Waals surface area contributed by atoms with E-state index in [4.69, 9.17) is 4.55 Å². The van der Waals surface area contributed by atoms with Crippen molar-refractivity contribution >= 4 is 57.9 Å². The highest BCUT2D eigenvalue weighted by atomic mass is 80.0. The molecule has 0 spiro atoms. The van der Waals surface area contributed by atoms with Gasteiger partial charge in [-0.2, -0.15) is 8.42 Å². The summed E-state index contributed by atoms with van der Waals surface area (Å²) in [5.41, 5.74) is 0. The number of hydrogen-bond acceptors (Lipinski definition) is 2. The highest BCUT2D eigenvalue weighted by Crippen LogP contribution is 2.34. The highest BCUT2D eigenvalue weighted by Gasteiger charge is 2.24. The molecule has 0 atom stereocenters. The Kier molecular flexibility index (Phi) is 3.64. The van der Waals surface area contributed by atoms with Gasteiger partial charge in [0.25, 0.3) is 10.1 Å². The third-order valence-corrected chi connectivity index (χ3v) is 3.10. The lowest BCUT2D eigenvalue weighted by molar-refractivity contribution is 0.484. The van der Waals surface area contributed by atoms with Crippen molar-refractivity contribution in [2.24, 2.45) is 0 Å². The first-order chi connectivity index (χ1) is 3.71. The SMILES string of the molecule is O=S(=O)(O)CC(Br)(Br)Br. The third-order valence-electron chi connectivity index (χ3n) is 0.346. The second kappa shape index (κ2) is 3.17. The summed E-state index contributed by atoms with van der Waals surface area (Å²) in [4.78, 5) is 0. The van der Waals surface area contributed by atoms with Crippen molar-refractivity contribution in [2.75, 3.05) is 5.75 Å². The van der Waals surface area contributed by atoms with E-state index in [1.54, 1.807) is 0 Å². The fourth-order valence-electron chi connectivity index (χ4n) is 0.207. The van der Waals surface area contributed by atoms with Crippen molar-refractivity contribution in [3.05, 3.63) is 0 Å². The first-order valence-electron chi connectivity index (χ1n) is 1.73. The fraction of sp³-hybridized carbons (Fsp3) is 1.00. The Morgan fingerprint density at radius 2 is 1.67 bits per heavy atom. The molecule has 0 radical (unpaired) electrons. The largest absolute Gasteiger partial charge is 0.285 e. The minimum Gasteiger partial charge on any atom is -0.285 e. The van der Waals surface area contributed by atoms with Crippen molar-refractivity contribution in [1.82, 2.24) is 0 Å². The van der Waals surface area contributed by atoms with Gasteiger partial charge in [0.05, 0.1) is 0 Å². The highest BCUT2D eigenvalue weighted by molar-refractivity contribution is 9.39. The minimum atomic E-state index is -3.92. The van der Waals surface area contributed by atoms with E-state index in [0.717, 1.165) is 0 Å². The first kappa shape index (κ1) is 10.3. The van der Waals surface area contributed by atoms with Gasteiger partial charge in [-0.3, -0.25) is 4.55 Å². The molecule has 1 N–H and O–H groups in total. The summed E-state index contributed by atoms with van der Waals surface area (Å²) in [7, 11) is -3.92.